The zero-order valence-corrected chi connectivity index (χ0v) is 15.0. The van der Waals surface area contributed by atoms with Gasteiger partial charge in [0, 0.05) is 17.1 Å². The minimum Gasteiger partial charge on any atom is -0.325 e. The number of benzene rings is 2. The summed E-state index contributed by atoms with van der Waals surface area (Å²) < 4.78 is -0.969. The lowest BCUT2D eigenvalue weighted by atomic mass is 10.1. The van der Waals surface area contributed by atoms with E-state index in [-0.39, 0.29) is 11.9 Å². The van der Waals surface area contributed by atoms with Crippen LogP contribution in [0.3, 0.4) is 0 Å². The third-order valence-electron chi connectivity index (χ3n) is 3.93. The van der Waals surface area contributed by atoms with Crippen LogP contribution in [0.25, 0.3) is 0 Å². The molecule has 1 atom stereocenters. The number of anilines is 3. The normalized spacial score (nSPS) is 17.5. The molecule has 1 aliphatic carbocycles. The van der Waals surface area contributed by atoms with Crippen molar-refractivity contribution in [2.75, 3.05) is 16.0 Å². The van der Waals surface area contributed by atoms with Crippen molar-refractivity contribution in [2.24, 2.45) is 5.92 Å². The predicted octanol–water partition coefficient (Wildman–Crippen LogP) is 4.77. The van der Waals surface area contributed by atoms with Crippen molar-refractivity contribution < 1.29 is 9.59 Å². The number of alkyl halides is 2. The number of halogens is 2. The van der Waals surface area contributed by atoms with Crippen LogP contribution in [0.15, 0.2) is 48.5 Å². The second-order valence-corrected chi connectivity index (χ2v) is 7.52. The number of hydrogen-bond acceptors (Lipinski definition) is 2. The SMILES string of the molecule is Cc1ccc(NC(=O)Nc2ccccc2)cc1NC(=O)C1CC1(Cl)Cl. The molecule has 3 rings (SSSR count). The Bertz CT molecular complexity index is 809. The summed E-state index contributed by atoms with van der Waals surface area (Å²) >= 11 is 11.8. The molecule has 0 heterocycles. The Morgan fingerprint density at radius 2 is 1.64 bits per heavy atom. The van der Waals surface area contributed by atoms with Gasteiger partial charge in [-0.3, -0.25) is 4.79 Å². The molecular weight excluding hydrogens is 361 g/mol. The van der Waals surface area contributed by atoms with E-state index in [1.54, 1.807) is 24.3 Å². The zero-order chi connectivity index (χ0) is 18.0. The fourth-order valence-corrected chi connectivity index (χ4v) is 2.87. The van der Waals surface area contributed by atoms with Gasteiger partial charge in [-0.25, -0.2) is 4.79 Å². The highest BCUT2D eigenvalue weighted by Gasteiger charge is 2.56. The quantitative estimate of drug-likeness (QED) is 0.671. The average molecular weight is 378 g/mol. The van der Waals surface area contributed by atoms with E-state index in [1.165, 1.54) is 0 Å². The molecule has 1 fully saturated rings. The maximum atomic E-state index is 12.1. The summed E-state index contributed by atoms with van der Waals surface area (Å²) in [6.45, 7) is 1.87. The number of rotatable bonds is 4. The van der Waals surface area contributed by atoms with Crippen molar-refractivity contribution >= 4 is 52.2 Å². The largest absolute Gasteiger partial charge is 0.325 e. The molecule has 0 saturated heterocycles. The molecule has 0 bridgehead atoms. The minimum atomic E-state index is -0.969. The molecule has 1 aliphatic rings. The summed E-state index contributed by atoms with van der Waals surface area (Å²) in [4.78, 5) is 24.2. The zero-order valence-electron chi connectivity index (χ0n) is 13.5. The smallest absolute Gasteiger partial charge is 0.323 e. The van der Waals surface area contributed by atoms with Crippen LogP contribution >= 0.6 is 23.2 Å². The molecule has 2 aromatic rings. The molecule has 0 aromatic heterocycles. The molecule has 7 heteroatoms. The first-order valence-corrected chi connectivity index (χ1v) is 8.53. The van der Waals surface area contributed by atoms with Gasteiger partial charge in [0.2, 0.25) is 5.91 Å². The summed E-state index contributed by atoms with van der Waals surface area (Å²) in [6, 6.07) is 14.0. The first kappa shape index (κ1) is 17.6. The van der Waals surface area contributed by atoms with Gasteiger partial charge in [-0.15, -0.1) is 23.2 Å². The highest BCUT2D eigenvalue weighted by Crippen LogP contribution is 2.53. The highest BCUT2D eigenvalue weighted by molar-refractivity contribution is 6.52. The van der Waals surface area contributed by atoms with Crippen molar-refractivity contribution in [1.29, 1.82) is 0 Å². The molecule has 0 spiro atoms. The second-order valence-electron chi connectivity index (χ2n) is 5.98. The van der Waals surface area contributed by atoms with Crippen LogP contribution in [0.1, 0.15) is 12.0 Å². The Kier molecular flexibility index (Phi) is 4.88. The highest BCUT2D eigenvalue weighted by atomic mass is 35.5. The Balaban J connectivity index is 1.65. The number of carbonyl (C=O) groups is 2. The van der Waals surface area contributed by atoms with Gasteiger partial charge in [-0.1, -0.05) is 24.3 Å². The molecule has 5 nitrogen and oxygen atoms in total. The van der Waals surface area contributed by atoms with E-state index < -0.39 is 10.3 Å². The van der Waals surface area contributed by atoms with Crippen LogP contribution in [0, 0.1) is 12.8 Å². The first-order valence-electron chi connectivity index (χ1n) is 7.77. The topological polar surface area (TPSA) is 70.2 Å². The standard InChI is InChI=1S/C18H17Cl2N3O2/c1-11-7-8-13(22-17(25)21-12-5-3-2-4-6-12)9-15(11)23-16(24)14-10-18(14,19)20/h2-9,14H,10H2,1H3,(H,23,24)(H2,21,22,25). The Hall–Kier alpha value is -2.24. The lowest BCUT2D eigenvalue weighted by Gasteiger charge is -2.12. The third kappa shape index (κ3) is 4.44. The van der Waals surface area contributed by atoms with Crippen LogP contribution in [-0.4, -0.2) is 16.3 Å². The number of amides is 3. The third-order valence-corrected chi connectivity index (χ3v) is 4.76. The molecule has 3 amide bonds. The van der Waals surface area contributed by atoms with Gasteiger partial charge in [0.1, 0.15) is 4.33 Å². The molecule has 1 saturated carbocycles. The first-order chi connectivity index (χ1) is 11.8. The van der Waals surface area contributed by atoms with E-state index in [0.29, 0.717) is 23.5 Å². The molecule has 130 valence electrons. The van der Waals surface area contributed by atoms with E-state index in [1.807, 2.05) is 31.2 Å². The summed E-state index contributed by atoms with van der Waals surface area (Å²) in [7, 11) is 0. The van der Waals surface area contributed by atoms with Crippen LogP contribution < -0.4 is 16.0 Å². The lowest BCUT2D eigenvalue weighted by Crippen LogP contribution is -2.20. The van der Waals surface area contributed by atoms with E-state index in [0.717, 1.165) is 5.56 Å². The van der Waals surface area contributed by atoms with Gasteiger partial charge < -0.3 is 16.0 Å². The number of aryl methyl sites for hydroxylation is 1. The average Bonchev–Trinajstić information content (AvgIpc) is 3.20. The molecule has 3 N–H and O–H groups in total. The fraction of sp³-hybridized carbons (Fsp3) is 0.222. The van der Waals surface area contributed by atoms with Gasteiger partial charge in [0.15, 0.2) is 0 Å². The number of urea groups is 1. The molecule has 2 aromatic carbocycles. The summed E-state index contributed by atoms with van der Waals surface area (Å²) in [5.41, 5.74) is 2.74. The van der Waals surface area contributed by atoms with Crippen molar-refractivity contribution in [2.45, 2.75) is 17.7 Å². The van der Waals surface area contributed by atoms with Crippen molar-refractivity contribution in [3.05, 3.63) is 54.1 Å². The lowest BCUT2D eigenvalue weighted by molar-refractivity contribution is -0.117. The number of hydrogen-bond donors (Lipinski definition) is 3. The molecule has 0 radical (unpaired) electrons. The van der Waals surface area contributed by atoms with E-state index in [9.17, 15) is 9.59 Å². The van der Waals surface area contributed by atoms with Crippen LogP contribution in [0.2, 0.25) is 0 Å². The van der Waals surface area contributed by atoms with Crippen LogP contribution in [0.4, 0.5) is 21.9 Å². The monoisotopic (exact) mass is 377 g/mol. The van der Waals surface area contributed by atoms with Gasteiger partial charge in [0.05, 0.1) is 5.92 Å². The number of nitrogens with one attached hydrogen (secondary N) is 3. The maximum Gasteiger partial charge on any atom is 0.323 e. The van der Waals surface area contributed by atoms with Gasteiger partial charge in [-0.2, -0.15) is 0 Å². The minimum absolute atomic E-state index is 0.223. The van der Waals surface area contributed by atoms with E-state index in [4.69, 9.17) is 23.2 Å². The van der Waals surface area contributed by atoms with Crippen LogP contribution in [-0.2, 0) is 4.79 Å². The Morgan fingerprint density at radius 1 is 1.00 bits per heavy atom. The molecule has 1 unspecified atom stereocenters. The van der Waals surface area contributed by atoms with Crippen LogP contribution in [0.5, 0.6) is 0 Å². The summed E-state index contributed by atoms with van der Waals surface area (Å²) in [5, 5.41) is 8.28. The number of carbonyl (C=O) groups excluding carboxylic acids is 2. The van der Waals surface area contributed by atoms with Gasteiger partial charge in [-0.05, 0) is 43.2 Å². The Labute approximate surface area is 155 Å². The molecule has 0 aliphatic heterocycles. The van der Waals surface area contributed by atoms with Crippen molar-refractivity contribution in [1.82, 2.24) is 0 Å². The Morgan fingerprint density at radius 3 is 2.28 bits per heavy atom. The van der Waals surface area contributed by atoms with Gasteiger partial charge in [0.25, 0.3) is 0 Å². The molecule has 25 heavy (non-hydrogen) atoms. The van der Waals surface area contributed by atoms with Crippen molar-refractivity contribution in [3.8, 4) is 0 Å². The van der Waals surface area contributed by atoms with E-state index in [2.05, 4.69) is 16.0 Å². The number of para-hydroxylation sites is 1. The summed E-state index contributed by atoms with van der Waals surface area (Å²) in [6.07, 6.45) is 0.443. The fourth-order valence-electron chi connectivity index (χ4n) is 2.37. The van der Waals surface area contributed by atoms with E-state index >= 15 is 0 Å². The predicted molar refractivity (Wildman–Crippen MR) is 101 cm³/mol. The van der Waals surface area contributed by atoms with Crippen molar-refractivity contribution in [3.63, 3.8) is 0 Å². The summed E-state index contributed by atoms with van der Waals surface area (Å²) in [5.74, 6) is -0.632. The maximum absolute atomic E-state index is 12.1. The second kappa shape index (κ2) is 6.94. The van der Waals surface area contributed by atoms with Gasteiger partial charge >= 0.3 is 6.03 Å². The molecular formula is C18H17Cl2N3O2.